The minimum atomic E-state index is -0.497. The lowest BCUT2D eigenvalue weighted by Gasteiger charge is -2.33. The van der Waals surface area contributed by atoms with Crippen LogP contribution in [0, 0.1) is 0 Å². The van der Waals surface area contributed by atoms with Gasteiger partial charge in [0.15, 0.2) is 6.10 Å². The Bertz CT molecular complexity index is 467. The van der Waals surface area contributed by atoms with Crippen molar-refractivity contribution in [2.45, 2.75) is 13.0 Å². The highest BCUT2D eigenvalue weighted by atomic mass is 35.5. The van der Waals surface area contributed by atoms with Gasteiger partial charge in [0.2, 0.25) is 0 Å². The van der Waals surface area contributed by atoms with Crippen LogP contribution in [0.1, 0.15) is 6.92 Å². The molecule has 1 aliphatic heterocycles. The van der Waals surface area contributed by atoms with Crippen LogP contribution in [0.5, 0.6) is 5.75 Å². The molecule has 2 N–H and O–H groups in total. The standard InChI is InChI=1S/C13H17ClN2O3/c1-9-13(17)16(5-7-18-6-4-15)11-8-10(14)2-3-12(11)19-9/h2-3,8-9H,4-7,15H2,1H3. The number of nitrogens with two attached hydrogens (primary N) is 1. The van der Waals surface area contributed by atoms with Gasteiger partial charge in [-0.05, 0) is 25.1 Å². The Morgan fingerprint density at radius 2 is 2.26 bits per heavy atom. The minimum absolute atomic E-state index is 0.0916. The number of ether oxygens (including phenoxy) is 2. The van der Waals surface area contributed by atoms with E-state index in [0.717, 1.165) is 0 Å². The van der Waals surface area contributed by atoms with E-state index in [1.807, 2.05) is 0 Å². The maximum Gasteiger partial charge on any atom is 0.267 e. The topological polar surface area (TPSA) is 64.8 Å². The highest BCUT2D eigenvalue weighted by Gasteiger charge is 2.31. The maximum atomic E-state index is 12.1. The molecule has 1 unspecified atom stereocenters. The van der Waals surface area contributed by atoms with E-state index in [-0.39, 0.29) is 5.91 Å². The lowest BCUT2D eigenvalue weighted by Crippen LogP contribution is -2.45. The van der Waals surface area contributed by atoms with Gasteiger partial charge in [-0.2, -0.15) is 0 Å². The molecule has 0 spiro atoms. The molecule has 0 radical (unpaired) electrons. The molecule has 2 rings (SSSR count). The third-order valence-corrected chi connectivity index (χ3v) is 3.09. The van der Waals surface area contributed by atoms with Crippen molar-refractivity contribution in [1.29, 1.82) is 0 Å². The summed E-state index contributed by atoms with van der Waals surface area (Å²) >= 11 is 5.97. The number of fused-ring (bicyclic) bond motifs is 1. The molecule has 1 atom stereocenters. The zero-order chi connectivity index (χ0) is 13.8. The van der Waals surface area contributed by atoms with Crippen LogP contribution < -0.4 is 15.4 Å². The summed E-state index contributed by atoms with van der Waals surface area (Å²) in [7, 11) is 0. The van der Waals surface area contributed by atoms with Crippen molar-refractivity contribution in [3.63, 3.8) is 0 Å². The van der Waals surface area contributed by atoms with Crippen LogP contribution in [-0.4, -0.2) is 38.3 Å². The van der Waals surface area contributed by atoms with Crippen molar-refractivity contribution in [3.8, 4) is 5.75 Å². The molecule has 19 heavy (non-hydrogen) atoms. The zero-order valence-corrected chi connectivity index (χ0v) is 11.5. The van der Waals surface area contributed by atoms with Crippen LogP contribution in [0.25, 0.3) is 0 Å². The van der Waals surface area contributed by atoms with Gasteiger partial charge in [-0.25, -0.2) is 0 Å². The van der Waals surface area contributed by atoms with E-state index < -0.39 is 6.10 Å². The molecule has 6 heteroatoms. The Morgan fingerprint density at radius 3 is 3.00 bits per heavy atom. The van der Waals surface area contributed by atoms with E-state index in [9.17, 15) is 4.79 Å². The van der Waals surface area contributed by atoms with E-state index in [0.29, 0.717) is 42.8 Å². The molecule has 1 heterocycles. The van der Waals surface area contributed by atoms with Gasteiger partial charge >= 0.3 is 0 Å². The van der Waals surface area contributed by atoms with Gasteiger partial charge in [0, 0.05) is 18.1 Å². The Kier molecular flexibility index (Phi) is 4.63. The maximum absolute atomic E-state index is 12.1. The third kappa shape index (κ3) is 3.18. The molecule has 104 valence electrons. The van der Waals surface area contributed by atoms with Crippen LogP contribution in [0.15, 0.2) is 18.2 Å². The highest BCUT2D eigenvalue weighted by Crippen LogP contribution is 2.35. The summed E-state index contributed by atoms with van der Waals surface area (Å²) in [4.78, 5) is 13.8. The number of nitrogens with zero attached hydrogens (tertiary/aromatic N) is 1. The molecule has 1 aromatic rings. The number of rotatable bonds is 5. The fourth-order valence-electron chi connectivity index (χ4n) is 1.95. The quantitative estimate of drug-likeness (QED) is 0.831. The van der Waals surface area contributed by atoms with Crippen LogP contribution >= 0.6 is 11.6 Å². The lowest BCUT2D eigenvalue weighted by atomic mass is 10.2. The number of anilines is 1. The summed E-state index contributed by atoms with van der Waals surface area (Å²) < 4.78 is 10.9. The molecule has 0 bridgehead atoms. The van der Waals surface area contributed by atoms with E-state index in [2.05, 4.69) is 0 Å². The van der Waals surface area contributed by atoms with Crippen molar-refractivity contribution in [1.82, 2.24) is 0 Å². The number of benzene rings is 1. The average Bonchev–Trinajstić information content (AvgIpc) is 2.39. The van der Waals surface area contributed by atoms with Gasteiger partial charge in [-0.3, -0.25) is 4.79 Å². The molecule has 5 nitrogen and oxygen atoms in total. The summed E-state index contributed by atoms with van der Waals surface area (Å²) in [6.07, 6.45) is -0.497. The molecule has 0 aliphatic carbocycles. The normalized spacial score (nSPS) is 18.2. The van der Waals surface area contributed by atoms with Gasteiger partial charge < -0.3 is 20.1 Å². The molecule has 0 saturated carbocycles. The summed E-state index contributed by atoms with van der Waals surface area (Å²) in [5.41, 5.74) is 6.04. The monoisotopic (exact) mass is 284 g/mol. The molecule has 1 amide bonds. The van der Waals surface area contributed by atoms with Crippen molar-refractivity contribution in [2.75, 3.05) is 31.2 Å². The first-order valence-electron chi connectivity index (χ1n) is 6.19. The fraction of sp³-hybridized carbons (Fsp3) is 0.462. The van der Waals surface area contributed by atoms with E-state index in [1.54, 1.807) is 30.0 Å². The van der Waals surface area contributed by atoms with E-state index in [4.69, 9.17) is 26.8 Å². The first-order valence-corrected chi connectivity index (χ1v) is 6.56. The van der Waals surface area contributed by atoms with Gasteiger partial charge in [0.1, 0.15) is 5.75 Å². The number of hydrogen-bond donors (Lipinski definition) is 1. The molecule has 1 aromatic carbocycles. The first kappa shape index (κ1) is 14.1. The fourth-order valence-corrected chi connectivity index (χ4v) is 2.12. The predicted molar refractivity (Wildman–Crippen MR) is 73.8 cm³/mol. The second kappa shape index (κ2) is 6.23. The second-order valence-corrected chi connectivity index (χ2v) is 4.70. The lowest BCUT2D eigenvalue weighted by molar-refractivity contribution is -0.125. The molecular formula is C13H17ClN2O3. The predicted octanol–water partition coefficient (Wildman–Crippen LogP) is 1.43. The van der Waals surface area contributed by atoms with Crippen LogP contribution in [0.2, 0.25) is 5.02 Å². The largest absolute Gasteiger partial charge is 0.479 e. The molecule has 0 aromatic heterocycles. The SMILES string of the molecule is CC1Oc2ccc(Cl)cc2N(CCOCCN)C1=O. The second-order valence-electron chi connectivity index (χ2n) is 4.26. The average molecular weight is 285 g/mol. The highest BCUT2D eigenvalue weighted by molar-refractivity contribution is 6.31. The summed E-state index contributed by atoms with van der Waals surface area (Å²) in [5, 5.41) is 0.567. The van der Waals surface area contributed by atoms with Crippen molar-refractivity contribution in [3.05, 3.63) is 23.2 Å². The van der Waals surface area contributed by atoms with Crippen LogP contribution in [-0.2, 0) is 9.53 Å². The molecule has 0 fully saturated rings. The number of carbonyl (C=O) groups excluding carboxylic acids is 1. The van der Waals surface area contributed by atoms with Gasteiger partial charge in [0.25, 0.3) is 5.91 Å². The smallest absolute Gasteiger partial charge is 0.267 e. The number of hydrogen-bond acceptors (Lipinski definition) is 4. The Balaban J connectivity index is 2.16. The van der Waals surface area contributed by atoms with Crippen molar-refractivity contribution in [2.24, 2.45) is 5.73 Å². The van der Waals surface area contributed by atoms with Gasteiger partial charge in [-0.15, -0.1) is 0 Å². The van der Waals surface area contributed by atoms with Gasteiger partial charge in [0.05, 0.1) is 18.9 Å². The van der Waals surface area contributed by atoms with E-state index in [1.165, 1.54) is 0 Å². The van der Waals surface area contributed by atoms with E-state index >= 15 is 0 Å². The Morgan fingerprint density at radius 1 is 1.47 bits per heavy atom. The van der Waals surface area contributed by atoms with Crippen LogP contribution in [0.3, 0.4) is 0 Å². The first-order chi connectivity index (χ1) is 9.13. The summed E-state index contributed by atoms with van der Waals surface area (Å²) in [6, 6.07) is 5.24. The van der Waals surface area contributed by atoms with Crippen molar-refractivity contribution >= 4 is 23.2 Å². The van der Waals surface area contributed by atoms with Crippen LogP contribution in [0.4, 0.5) is 5.69 Å². The minimum Gasteiger partial charge on any atom is -0.479 e. The summed E-state index contributed by atoms with van der Waals surface area (Å²) in [6.45, 7) is 3.57. The third-order valence-electron chi connectivity index (χ3n) is 2.85. The number of carbonyl (C=O) groups is 1. The molecular weight excluding hydrogens is 268 g/mol. The Labute approximate surface area is 117 Å². The zero-order valence-electron chi connectivity index (χ0n) is 10.8. The molecule has 0 saturated heterocycles. The molecule has 1 aliphatic rings. The van der Waals surface area contributed by atoms with Gasteiger partial charge in [-0.1, -0.05) is 11.6 Å². The van der Waals surface area contributed by atoms with Crippen molar-refractivity contribution < 1.29 is 14.3 Å². The Hall–Kier alpha value is -1.30. The summed E-state index contributed by atoms with van der Waals surface area (Å²) in [5.74, 6) is 0.571. The number of halogens is 1. The number of amides is 1.